The predicted octanol–water partition coefficient (Wildman–Crippen LogP) is 0.303. The highest BCUT2D eigenvalue weighted by molar-refractivity contribution is 5.99. The van der Waals surface area contributed by atoms with E-state index in [1.807, 2.05) is 0 Å². The van der Waals surface area contributed by atoms with Gasteiger partial charge in [-0.3, -0.25) is 4.90 Å². The maximum atomic E-state index is 10.6. The first kappa shape index (κ1) is 8.46. The summed E-state index contributed by atoms with van der Waals surface area (Å²) >= 11 is 0. The van der Waals surface area contributed by atoms with Gasteiger partial charge in [-0.05, 0) is 0 Å². The van der Waals surface area contributed by atoms with Crippen LogP contribution in [0.4, 0.5) is 4.79 Å². The van der Waals surface area contributed by atoms with E-state index < -0.39 is 6.03 Å². The summed E-state index contributed by atoms with van der Waals surface area (Å²) in [5.41, 5.74) is 0. The molecule has 0 radical (unpaired) electrons. The van der Waals surface area contributed by atoms with Gasteiger partial charge in [0.2, 0.25) is 0 Å². The Morgan fingerprint density at radius 2 is 2.08 bits per heavy atom. The Morgan fingerprint density at radius 1 is 1.31 bits per heavy atom. The molecule has 0 aromatic heterocycles. The van der Waals surface area contributed by atoms with Crippen molar-refractivity contribution in [2.24, 2.45) is 15.2 Å². The average molecular weight is 182 g/mol. The highest BCUT2D eigenvalue weighted by Crippen LogP contribution is 2.03. The summed E-state index contributed by atoms with van der Waals surface area (Å²) < 4.78 is 5.18. The number of urea groups is 1. The number of amides is 2. The van der Waals surface area contributed by atoms with Crippen LogP contribution in [0.25, 0.3) is 0 Å². The number of rotatable bonds is 2. The monoisotopic (exact) mass is 182 g/mol. The van der Waals surface area contributed by atoms with Crippen LogP contribution >= 0.6 is 0 Å². The molecule has 0 atom stereocenters. The number of morpholine rings is 1. The molecule has 0 aromatic rings. The molecule has 2 amide bonds. The van der Waals surface area contributed by atoms with Gasteiger partial charge in [-0.25, -0.2) is 4.79 Å². The van der Waals surface area contributed by atoms with Crippen molar-refractivity contribution in [1.82, 2.24) is 4.90 Å². The fourth-order valence-electron chi connectivity index (χ4n) is 1.28. The van der Waals surface area contributed by atoms with Crippen LogP contribution in [0.3, 0.4) is 0 Å². The van der Waals surface area contributed by atoms with E-state index >= 15 is 0 Å². The first-order valence-electron chi connectivity index (χ1n) is 4.18. The van der Waals surface area contributed by atoms with Gasteiger partial charge >= 0.3 is 6.03 Å². The zero-order chi connectivity index (χ0) is 9.10. The molecular formula is C7H10N4O2. The lowest BCUT2D eigenvalue weighted by atomic mass is 10.4. The van der Waals surface area contributed by atoms with Gasteiger partial charge in [-0.1, -0.05) is 5.11 Å². The third kappa shape index (κ3) is 2.16. The number of carbonyl (C=O) groups excluding carboxylic acids is 1. The molecule has 13 heavy (non-hydrogen) atoms. The summed E-state index contributed by atoms with van der Waals surface area (Å²) in [5.74, 6) is 0.506. The average Bonchev–Trinajstić information content (AvgIpc) is 2.53. The minimum Gasteiger partial charge on any atom is -0.379 e. The largest absolute Gasteiger partial charge is 0.387 e. The van der Waals surface area contributed by atoms with Gasteiger partial charge in [0.05, 0.1) is 19.8 Å². The van der Waals surface area contributed by atoms with E-state index in [1.165, 1.54) is 0 Å². The highest BCUT2D eigenvalue weighted by atomic mass is 16.5. The molecule has 0 spiro atoms. The minimum atomic E-state index is -0.497. The third-order valence-electron chi connectivity index (χ3n) is 1.94. The van der Waals surface area contributed by atoms with Crippen LogP contribution in [0.2, 0.25) is 0 Å². The van der Waals surface area contributed by atoms with Gasteiger partial charge in [0, 0.05) is 13.1 Å². The molecule has 0 aliphatic carbocycles. The van der Waals surface area contributed by atoms with Crippen molar-refractivity contribution in [3.63, 3.8) is 0 Å². The minimum absolute atomic E-state index is 0.497. The number of hydrogen-bond acceptors (Lipinski definition) is 4. The molecule has 0 unspecified atom stereocenters. The van der Waals surface area contributed by atoms with Crippen LogP contribution in [0.15, 0.2) is 15.2 Å². The molecule has 2 aliphatic heterocycles. The number of carbonyl (C=O) groups is 1. The van der Waals surface area contributed by atoms with E-state index in [1.54, 1.807) is 0 Å². The van der Waals surface area contributed by atoms with Crippen molar-refractivity contribution in [1.29, 1.82) is 0 Å². The molecule has 0 saturated carbocycles. The normalized spacial score (nSPS) is 23.7. The smallest absolute Gasteiger partial charge is 0.379 e. The summed E-state index contributed by atoms with van der Waals surface area (Å²) in [6.07, 6.45) is 0. The summed E-state index contributed by atoms with van der Waals surface area (Å²) in [6.45, 7) is 3.79. The maximum absolute atomic E-state index is 10.6. The third-order valence-corrected chi connectivity index (χ3v) is 1.94. The fraction of sp³-hybridized carbons (Fsp3) is 0.714. The van der Waals surface area contributed by atoms with Gasteiger partial charge < -0.3 is 4.74 Å². The molecule has 6 heteroatoms. The number of amidine groups is 1. The Kier molecular flexibility index (Phi) is 2.42. The predicted molar refractivity (Wildman–Crippen MR) is 44.9 cm³/mol. The zero-order valence-electron chi connectivity index (χ0n) is 7.14. The van der Waals surface area contributed by atoms with Crippen molar-refractivity contribution in [2.45, 2.75) is 0 Å². The Morgan fingerprint density at radius 3 is 2.69 bits per heavy atom. The molecular weight excluding hydrogens is 172 g/mol. The van der Waals surface area contributed by atoms with E-state index in [9.17, 15) is 4.79 Å². The first-order valence-corrected chi connectivity index (χ1v) is 4.18. The van der Waals surface area contributed by atoms with Gasteiger partial charge in [-0.2, -0.15) is 4.99 Å². The van der Waals surface area contributed by atoms with E-state index in [2.05, 4.69) is 20.1 Å². The Labute approximate surface area is 75.3 Å². The molecule has 2 rings (SSSR count). The lowest BCUT2D eigenvalue weighted by molar-refractivity contribution is 0.0452. The van der Waals surface area contributed by atoms with E-state index in [0.29, 0.717) is 12.4 Å². The summed E-state index contributed by atoms with van der Waals surface area (Å²) in [4.78, 5) is 16.4. The number of azo groups is 1. The van der Waals surface area contributed by atoms with Crippen molar-refractivity contribution >= 4 is 11.9 Å². The van der Waals surface area contributed by atoms with Crippen LogP contribution < -0.4 is 0 Å². The number of ether oxygens (including phenoxy) is 1. The van der Waals surface area contributed by atoms with Crippen molar-refractivity contribution in [3.05, 3.63) is 0 Å². The van der Waals surface area contributed by atoms with Gasteiger partial charge in [-0.15, -0.1) is 5.11 Å². The maximum Gasteiger partial charge on any atom is 0.387 e. The SMILES string of the molecule is O=C1N=NC(CN2CCOCC2)=N1. The topological polar surface area (TPSA) is 66.6 Å². The molecule has 1 fully saturated rings. The van der Waals surface area contributed by atoms with E-state index in [4.69, 9.17) is 4.74 Å². The molecule has 0 bridgehead atoms. The molecule has 70 valence electrons. The van der Waals surface area contributed by atoms with Gasteiger partial charge in [0.1, 0.15) is 0 Å². The van der Waals surface area contributed by atoms with Crippen LogP contribution in [0.1, 0.15) is 0 Å². The lowest BCUT2D eigenvalue weighted by Gasteiger charge is -2.25. The fourth-order valence-corrected chi connectivity index (χ4v) is 1.28. The number of hydrogen-bond donors (Lipinski definition) is 0. The molecule has 0 aromatic carbocycles. The van der Waals surface area contributed by atoms with Gasteiger partial charge in [0.25, 0.3) is 0 Å². The van der Waals surface area contributed by atoms with Crippen molar-refractivity contribution in [3.8, 4) is 0 Å². The molecule has 2 heterocycles. The molecule has 1 saturated heterocycles. The summed E-state index contributed by atoms with van der Waals surface area (Å²) in [7, 11) is 0. The van der Waals surface area contributed by atoms with E-state index in [-0.39, 0.29) is 0 Å². The lowest BCUT2D eigenvalue weighted by Crippen LogP contribution is -2.39. The van der Waals surface area contributed by atoms with Crippen molar-refractivity contribution in [2.75, 3.05) is 32.8 Å². The number of nitrogens with zero attached hydrogens (tertiary/aromatic N) is 4. The summed E-state index contributed by atoms with van der Waals surface area (Å²) in [6, 6.07) is -0.497. The highest BCUT2D eigenvalue weighted by Gasteiger charge is 2.16. The Hall–Kier alpha value is -1.14. The molecule has 0 N–H and O–H groups in total. The summed E-state index contributed by atoms with van der Waals surface area (Å²) in [5, 5.41) is 6.96. The van der Waals surface area contributed by atoms with Crippen LogP contribution in [0, 0.1) is 0 Å². The molecule has 6 nitrogen and oxygen atoms in total. The standard InChI is InChI=1S/C7H10N4O2/c12-7-8-6(9-10-7)5-11-1-3-13-4-2-11/h1-5H2. The van der Waals surface area contributed by atoms with Gasteiger partial charge in [0.15, 0.2) is 5.84 Å². The Bertz CT molecular complexity index is 268. The second kappa shape index (κ2) is 3.71. The zero-order valence-corrected chi connectivity index (χ0v) is 7.14. The van der Waals surface area contributed by atoms with Crippen molar-refractivity contribution < 1.29 is 9.53 Å². The Balaban J connectivity index is 1.87. The second-order valence-corrected chi connectivity index (χ2v) is 2.90. The van der Waals surface area contributed by atoms with Crippen LogP contribution in [-0.4, -0.2) is 49.6 Å². The quantitative estimate of drug-likeness (QED) is 0.617. The van der Waals surface area contributed by atoms with Crippen LogP contribution in [-0.2, 0) is 4.74 Å². The molecule has 2 aliphatic rings. The first-order chi connectivity index (χ1) is 6.34. The van der Waals surface area contributed by atoms with E-state index in [0.717, 1.165) is 26.3 Å². The number of aliphatic imine (C=N–C) groups is 1. The second-order valence-electron chi connectivity index (χ2n) is 2.90. The van der Waals surface area contributed by atoms with Crippen LogP contribution in [0.5, 0.6) is 0 Å².